The Morgan fingerprint density at radius 1 is 1.11 bits per heavy atom. The highest BCUT2D eigenvalue weighted by Gasteiger charge is 2.45. The second-order valence-corrected chi connectivity index (χ2v) is 8.41. The Kier molecular flexibility index (Phi) is 3.92. The minimum atomic E-state index is 0.0202. The van der Waals surface area contributed by atoms with Gasteiger partial charge < -0.3 is 10.2 Å². The molecule has 2 fully saturated rings. The lowest BCUT2D eigenvalue weighted by atomic mass is 9.96. The van der Waals surface area contributed by atoms with Crippen molar-refractivity contribution in [2.24, 2.45) is 5.92 Å². The van der Waals surface area contributed by atoms with E-state index in [0.29, 0.717) is 12.0 Å². The molecule has 0 radical (unpaired) electrons. The van der Waals surface area contributed by atoms with Gasteiger partial charge in [0.15, 0.2) is 0 Å². The number of rotatable bonds is 4. The van der Waals surface area contributed by atoms with Crippen LogP contribution in [0, 0.1) is 5.92 Å². The fourth-order valence-electron chi connectivity index (χ4n) is 4.54. The normalized spacial score (nSPS) is 23.4. The van der Waals surface area contributed by atoms with Crippen molar-refractivity contribution >= 4 is 17.4 Å². The van der Waals surface area contributed by atoms with Crippen molar-refractivity contribution in [3.63, 3.8) is 0 Å². The van der Waals surface area contributed by atoms with Crippen LogP contribution in [-0.4, -0.2) is 26.8 Å². The summed E-state index contributed by atoms with van der Waals surface area (Å²) in [7, 11) is 0. The van der Waals surface area contributed by atoms with Gasteiger partial charge in [0.2, 0.25) is 5.91 Å². The first kappa shape index (κ1) is 16.7. The molecule has 2 bridgehead atoms. The second kappa shape index (κ2) is 6.32. The van der Waals surface area contributed by atoms with Crippen molar-refractivity contribution in [1.82, 2.24) is 14.9 Å². The highest BCUT2D eigenvalue weighted by molar-refractivity contribution is 5.80. The summed E-state index contributed by atoms with van der Waals surface area (Å²) in [5.74, 6) is 2.67. The Bertz CT molecular complexity index is 875. The van der Waals surface area contributed by atoms with Crippen molar-refractivity contribution < 1.29 is 4.79 Å². The molecule has 5 rings (SSSR count). The average Bonchev–Trinajstić information content (AvgIpc) is 3.46. The molecule has 1 saturated carbocycles. The maximum atomic E-state index is 12.9. The van der Waals surface area contributed by atoms with E-state index in [4.69, 9.17) is 9.97 Å². The molecule has 140 valence electrons. The number of carbonyl (C=O) groups is 1. The molecule has 27 heavy (non-hydrogen) atoms. The molecule has 1 aliphatic carbocycles. The van der Waals surface area contributed by atoms with Gasteiger partial charge in [-0.2, -0.15) is 0 Å². The number of benzene rings is 1. The number of carbonyl (C=O) groups excluding carboxylic acids is 1. The number of anilines is 2. The van der Waals surface area contributed by atoms with Gasteiger partial charge in [-0.3, -0.25) is 4.79 Å². The molecule has 1 saturated heterocycles. The minimum absolute atomic E-state index is 0.0202. The smallest absolute Gasteiger partial charge is 0.225 e. The van der Waals surface area contributed by atoms with Crippen LogP contribution in [0.25, 0.3) is 0 Å². The van der Waals surface area contributed by atoms with Crippen molar-refractivity contribution in [3.05, 3.63) is 47.4 Å². The highest BCUT2D eigenvalue weighted by atomic mass is 16.2. The predicted octanol–water partition coefficient (Wildman–Crippen LogP) is 4.34. The van der Waals surface area contributed by atoms with Gasteiger partial charge in [-0.05, 0) is 37.8 Å². The third-order valence-electron chi connectivity index (χ3n) is 6.03. The summed E-state index contributed by atoms with van der Waals surface area (Å²) in [6.45, 7) is 3.99. The first-order valence-corrected chi connectivity index (χ1v) is 10.2. The Balaban J connectivity index is 1.59. The summed E-state index contributed by atoms with van der Waals surface area (Å²) in [6.07, 6.45) is 5.30. The van der Waals surface area contributed by atoms with Gasteiger partial charge in [-0.25, -0.2) is 9.97 Å². The largest absolute Gasteiger partial charge is 0.340 e. The van der Waals surface area contributed by atoms with E-state index in [1.165, 1.54) is 12.8 Å². The lowest BCUT2D eigenvalue weighted by Gasteiger charge is -2.38. The zero-order chi connectivity index (χ0) is 18.5. The lowest BCUT2D eigenvalue weighted by Crippen LogP contribution is -2.44. The third kappa shape index (κ3) is 2.89. The maximum absolute atomic E-state index is 12.9. The Morgan fingerprint density at radius 2 is 1.89 bits per heavy atom. The molecule has 5 nitrogen and oxygen atoms in total. The van der Waals surface area contributed by atoms with Crippen molar-refractivity contribution in [2.75, 3.05) is 5.32 Å². The molecule has 1 aromatic carbocycles. The molecule has 2 aliphatic heterocycles. The van der Waals surface area contributed by atoms with Crippen molar-refractivity contribution in [1.29, 1.82) is 0 Å². The molecule has 2 aromatic rings. The van der Waals surface area contributed by atoms with Crippen LogP contribution in [-0.2, 0) is 11.2 Å². The number of hydrogen-bond donors (Lipinski definition) is 1. The number of fused-ring (bicyclic) bond motifs is 4. The zero-order valence-corrected chi connectivity index (χ0v) is 16.0. The molecule has 3 heterocycles. The minimum Gasteiger partial charge on any atom is -0.340 e. The summed E-state index contributed by atoms with van der Waals surface area (Å²) in [6, 6.07) is 10.6. The SMILES string of the molecule is CC(C)C(=O)N1[C@H]2CC[C@@H]1c1c(nc(C3CC3)nc1Nc1ccccc1)C2. The fourth-order valence-corrected chi connectivity index (χ4v) is 4.54. The van der Waals surface area contributed by atoms with Gasteiger partial charge in [0, 0.05) is 35.5 Å². The Morgan fingerprint density at radius 3 is 2.59 bits per heavy atom. The van der Waals surface area contributed by atoms with Crippen LogP contribution in [0.4, 0.5) is 11.5 Å². The van der Waals surface area contributed by atoms with Crippen LogP contribution < -0.4 is 5.32 Å². The van der Waals surface area contributed by atoms with Crippen molar-refractivity contribution in [2.45, 2.75) is 64.0 Å². The summed E-state index contributed by atoms with van der Waals surface area (Å²) >= 11 is 0. The van der Waals surface area contributed by atoms with E-state index >= 15 is 0 Å². The standard InChI is InChI=1S/C22H26N4O/c1-13(2)22(27)26-16-10-11-18(26)19-17(12-16)24-20(14-8-9-14)25-21(19)23-15-6-4-3-5-7-15/h3-7,13-14,16,18H,8-12H2,1-2H3,(H,23,24,25)/t16-,18+/m0/s1. The number of amides is 1. The quantitative estimate of drug-likeness (QED) is 0.879. The lowest BCUT2D eigenvalue weighted by molar-refractivity contribution is -0.138. The number of hydrogen-bond acceptors (Lipinski definition) is 4. The van der Waals surface area contributed by atoms with Crippen LogP contribution in [0.15, 0.2) is 30.3 Å². The summed E-state index contributed by atoms with van der Waals surface area (Å²) in [5.41, 5.74) is 3.33. The van der Waals surface area contributed by atoms with Gasteiger partial charge in [0.1, 0.15) is 11.6 Å². The molecular formula is C22H26N4O. The molecule has 1 aromatic heterocycles. The van der Waals surface area contributed by atoms with Crippen LogP contribution >= 0.6 is 0 Å². The molecule has 0 spiro atoms. The summed E-state index contributed by atoms with van der Waals surface area (Å²) in [5, 5.41) is 3.54. The van der Waals surface area contributed by atoms with Gasteiger partial charge in [-0.1, -0.05) is 32.0 Å². The van der Waals surface area contributed by atoms with Gasteiger partial charge in [0.05, 0.1) is 11.7 Å². The number of nitrogens with zero attached hydrogens (tertiary/aromatic N) is 3. The van der Waals surface area contributed by atoms with Crippen LogP contribution in [0.1, 0.15) is 68.6 Å². The van der Waals surface area contributed by atoms with Gasteiger partial charge in [-0.15, -0.1) is 0 Å². The average molecular weight is 362 g/mol. The van der Waals surface area contributed by atoms with E-state index in [9.17, 15) is 4.79 Å². The molecule has 5 heteroatoms. The molecule has 2 atom stereocenters. The molecular weight excluding hydrogens is 336 g/mol. The molecule has 1 N–H and O–H groups in total. The van der Waals surface area contributed by atoms with E-state index in [1.54, 1.807) is 0 Å². The van der Waals surface area contributed by atoms with Gasteiger partial charge in [0.25, 0.3) is 0 Å². The third-order valence-corrected chi connectivity index (χ3v) is 6.03. The zero-order valence-electron chi connectivity index (χ0n) is 16.0. The molecule has 1 amide bonds. The van der Waals surface area contributed by atoms with Crippen LogP contribution in [0.2, 0.25) is 0 Å². The second-order valence-electron chi connectivity index (χ2n) is 8.41. The van der Waals surface area contributed by atoms with E-state index < -0.39 is 0 Å². The van der Waals surface area contributed by atoms with E-state index in [2.05, 4.69) is 22.3 Å². The van der Waals surface area contributed by atoms with Crippen LogP contribution in [0.3, 0.4) is 0 Å². The number of para-hydroxylation sites is 1. The molecule has 3 aliphatic rings. The fraction of sp³-hybridized carbons (Fsp3) is 0.500. The Hall–Kier alpha value is -2.43. The first-order chi connectivity index (χ1) is 13.1. The maximum Gasteiger partial charge on any atom is 0.225 e. The van der Waals surface area contributed by atoms with Crippen molar-refractivity contribution in [3.8, 4) is 0 Å². The molecule has 0 unspecified atom stereocenters. The highest BCUT2D eigenvalue weighted by Crippen LogP contribution is 2.48. The Labute approximate surface area is 160 Å². The topological polar surface area (TPSA) is 58.1 Å². The van der Waals surface area contributed by atoms with Gasteiger partial charge >= 0.3 is 0 Å². The van der Waals surface area contributed by atoms with Crippen LogP contribution in [0.5, 0.6) is 0 Å². The predicted molar refractivity (Wildman–Crippen MR) is 105 cm³/mol. The summed E-state index contributed by atoms with van der Waals surface area (Å²) < 4.78 is 0. The summed E-state index contributed by atoms with van der Waals surface area (Å²) in [4.78, 5) is 24.9. The first-order valence-electron chi connectivity index (χ1n) is 10.2. The number of aromatic nitrogens is 2. The van der Waals surface area contributed by atoms with E-state index in [-0.39, 0.29) is 17.9 Å². The monoisotopic (exact) mass is 362 g/mol. The van der Waals surface area contributed by atoms with E-state index in [1.807, 2.05) is 32.0 Å². The van der Waals surface area contributed by atoms with E-state index in [0.717, 1.165) is 47.8 Å². The number of nitrogens with one attached hydrogen (secondary N) is 1.